The fourth-order valence-electron chi connectivity index (χ4n) is 10.3. The van der Waals surface area contributed by atoms with Gasteiger partial charge in [-0.15, -0.1) is 0 Å². The number of hydrogen-bond acceptors (Lipinski definition) is 6. The maximum atomic E-state index is 12.9. The summed E-state index contributed by atoms with van der Waals surface area (Å²) in [4.78, 5) is 38.2. The fraction of sp³-hybridized carbons (Fsp3) is 0.797. The quantitative estimate of drug-likeness (QED) is 0.0261. The molecule has 0 fully saturated rings. The van der Waals surface area contributed by atoms with Gasteiger partial charge in [0.1, 0.15) is 13.2 Å². The van der Waals surface area contributed by atoms with Gasteiger partial charge in [-0.25, -0.2) is 0 Å². The van der Waals surface area contributed by atoms with Gasteiger partial charge >= 0.3 is 17.9 Å². The molecule has 0 bridgehead atoms. The molecule has 6 nitrogen and oxygen atoms in total. The lowest BCUT2D eigenvalue weighted by atomic mass is 10.0. The average molecular weight is 1120 g/mol. The van der Waals surface area contributed by atoms with Gasteiger partial charge in [-0.05, 0) is 70.6 Å². The Bertz CT molecular complexity index is 1470. The molecule has 0 aromatic rings. The number of hydrogen-bond donors (Lipinski definition) is 0. The van der Waals surface area contributed by atoms with Crippen molar-refractivity contribution >= 4 is 17.9 Å². The molecule has 0 aromatic heterocycles. The molecule has 1 atom stereocenters. The summed E-state index contributed by atoms with van der Waals surface area (Å²) in [7, 11) is 0. The second-order valence-corrected chi connectivity index (χ2v) is 23.4. The maximum absolute atomic E-state index is 12.9. The lowest BCUT2D eigenvalue weighted by molar-refractivity contribution is -0.167. The Morgan fingerprint density at radius 2 is 0.487 bits per heavy atom. The number of allylic oxidation sites excluding steroid dienone is 12. The van der Waals surface area contributed by atoms with Crippen molar-refractivity contribution < 1.29 is 28.6 Å². The van der Waals surface area contributed by atoms with E-state index in [4.69, 9.17) is 14.2 Å². The zero-order valence-corrected chi connectivity index (χ0v) is 53.3. The lowest BCUT2D eigenvalue weighted by Crippen LogP contribution is -2.30. The molecule has 0 aromatic carbocycles. The Labute approximate surface area is 497 Å². The van der Waals surface area contributed by atoms with E-state index >= 15 is 0 Å². The highest BCUT2D eigenvalue weighted by Gasteiger charge is 2.19. The van der Waals surface area contributed by atoms with Crippen LogP contribution in [0.2, 0.25) is 0 Å². The van der Waals surface area contributed by atoms with E-state index in [9.17, 15) is 14.4 Å². The zero-order valence-electron chi connectivity index (χ0n) is 53.3. The van der Waals surface area contributed by atoms with E-state index in [1.54, 1.807) is 0 Å². The van der Waals surface area contributed by atoms with Gasteiger partial charge in [-0.2, -0.15) is 0 Å². The van der Waals surface area contributed by atoms with E-state index in [0.29, 0.717) is 19.3 Å². The summed E-state index contributed by atoms with van der Waals surface area (Å²) < 4.78 is 16.9. The number of ether oxygens (including phenoxy) is 3. The second-order valence-electron chi connectivity index (χ2n) is 23.4. The standard InChI is InChI=1S/C74H132O6/c1-4-7-10-13-16-19-21-23-25-27-29-30-31-32-33-34-35-36-37-38-39-40-41-42-43-44-45-47-48-50-52-55-58-61-64-67-73(76)79-70-71(69-78-72(75)66-63-60-57-54-18-15-12-9-6-3)80-74(77)68-65-62-59-56-53-51-49-46-28-26-24-22-20-17-14-11-8-5-2/h7,10,16,19,23,25,29-30,32-33,35-36,71H,4-6,8-9,11-15,17-18,20-22,24,26-28,31,34,37-70H2,1-3H3/b10-7-,19-16-,25-23-,30-29-,33-32-,36-35-. The third-order valence-corrected chi connectivity index (χ3v) is 15.5. The van der Waals surface area contributed by atoms with Gasteiger partial charge in [-0.3, -0.25) is 14.4 Å². The number of carbonyl (C=O) groups excluding carboxylic acids is 3. The molecule has 80 heavy (non-hydrogen) atoms. The molecule has 1 unspecified atom stereocenters. The molecule has 0 aliphatic carbocycles. The van der Waals surface area contributed by atoms with E-state index in [1.807, 2.05) is 0 Å². The van der Waals surface area contributed by atoms with Crippen molar-refractivity contribution in [3.8, 4) is 0 Å². The molecule has 0 saturated heterocycles. The van der Waals surface area contributed by atoms with E-state index in [1.165, 1.54) is 225 Å². The smallest absolute Gasteiger partial charge is 0.306 e. The molecule has 0 aliphatic heterocycles. The third-order valence-electron chi connectivity index (χ3n) is 15.5. The van der Waals surface area contributed by atoms with Crippen LogP contribution in [0.4, 0.5) is 0 Å². The number of carbonyl (C=O) groups is 3. The Morgan fingerprint density at radius 1 is 0.263 bits per heavy atom. The number of esters is 3. The summed E-state index contributed by atoms with van der Waals surface area (Å²) in [5.74, 6) is -0.847. The van der Waals surface area contributed by atoms with Crippen LogP contribution in [0.25, 0.3) is 0 Å². The lowest BCUT2D eigenvalue weighted by Gasteiger charge is -2.18. The molecule has 0 radical (unpaired) electrons. The first-order valence-corrected chi connectivity index (χ1v) is 34.9. The summed E-state index contributed by atoms with van der Waals surface area (Å²) in [6, 6.07) is 0. The molecule has 464 valence electrons. The van der Waals surface area contributed by atoms with Crippen LogP contribution in [0.3, 0.4) is 0 Å². The van der Waals surface area contributed by atoms with Crippen LogP contribution in [0.1, 0.15) is 361 Å². The predicted molar refractivity (Wildman–Crippen MR) is 348 cm³/mol. The highest BCUT2D eigenvalue weighted by atomic mass is 16.6. The highest BCUT2D eigenvalue weighted by molar-refractivity contribution is 5.71. The summed E-state index contributed by atoms with van der Waals surface area (Å²) in [5.41, 5.74) is 0. The first-order valence-electron chi connectivity index (χ1n) is 34.9. The molecule has 0 amide bonds. The Morgan fingerprint density at radius 3 is 0.762 bits per heavy atom. The van der Waals surface area contributed by atoms with Crippen LogP contribution >= 0.6 is 0 Å². The fourth-order valence-corrected chi connectivity index (χ4v) is 10.3. The van der Waals surface area contributed by atoms with E-state index in [-0.39, 0.29) is 31.1 Å². The topological polar surface area (TPSA) is 78.9 Å². The van der Waals surface area contributed by atoms with Crippen LogP contribution in [-0.2, 0) is 28.6 Å². The third kappa shape index (κ3) is 65.7. The van der Waals surface area contributed by atoms with Crippen molar-refractivity contribution in [3.05, 3.63) is 72.9 Å². The zero-order chi connectivity index (χ0) is 57.8. The minimum atomic E-state index is -0.769. The van der Waals surface area contributed by atoms with Gasteiger partial charge in [0.2, 0.25) is 0 Å². The van der Waals surface area contributed by atoms with Crippen LogP contribution in [-0.4, -0.2) is 37.2 Å². The van der Waals surface area contributed by atoms with Crippen LogP contribution in [0, 0.1) is 0 Å². The monoisotopic (exact) mass is 1120 g/mol. The minimum absolute atomic E-state index is 0.0677. The van der Waals surface area contributed by atoms with E-state index < -0.39 is 6.10 Å². The van der Waals surface area contributed by atoms with Gasteiger partial charge in [0.05, 0.1) is 0 Å². The molecule has 0 spiro atoms. The van der Waals surface area contributed by atoms with Crippen LogP contribution in [0.5, 0.6) is 0 Å². The molecule has 6 heteroatoms. The van der Waals surface area contributed by atoms with E-state index in [2.05, 4.69) is 93.7 Å². The normalized spacial score (nSPS) is 12.5. The average Bonchev–Trinajstić information content (AvgIpc) is 3.46. The molecule has 0 aliphatic rings. The highest BCUT2D eigenvalue weighted by Crippen LogP contribution is 2.18. The van der Waals surface area contributed by atoms with Crippen molar-refractivity contribution in [2.75, 3.05) is 13.2 Å². The van der Waals surface area contributed by atoms with Gasteiger partial charge < -0.3 is 14.2 Å². The number of unbranched alkanes of at least 4 members (excludes halogenated alkanes) is 41. The molecular weight excluding hydrogens is 985 g/mol. The predicted octanol–water partition coefficient (Wildman–Crippen LogP) is 24.1. The molecular formula is C74H132O6. The number of rotatable bonds is 64. The van der Waals surface area contributed by atoms with Crippen LogP contribution in [0.15, 0.2) is 72.9 Å². The Hall–Kier alpha value is -3.15. The van der Waals surface area contributed by atoms with Crippen molar-refractivity contribution in [2.45, 2.75) is 367 Å². The van der Waals surface area contributed by atoms with Crippen LogP contribution < -0.4 is 0 Å². The molecule has 0 saturated carbocycles. The van der Waals surface area contributed by atoms with Gasteiger partial charge in [0.25, 0.3) is 0 Å². The van der Waals surface area contributed by atoms with Gasteiger partial charge in [0, 0.05) is 19.3 Å². The SMILES string of the molecule is CC/C=C\C/C=C\C/C=C\C/C=C\C/C=C\C/C=C\CCCCCCCCCCCCCCCCCCC(=O)OCC(COC(=O)CCCCCCCCCCC)OC(=O)CCCCCCCCCCCCCCCCCCCC. The molecule has 0 heterocycles. The van der Waals surface area contributed by atoms with Crippen molar-refractivity contribution in [1.29, 1.82) is 0 Å². The van der Waals surface area contributed by atoms with Gasteiger partial charge in [0.15, 0.2) is 6.10 Å². The van der Waals surface area contributed by atoms with Gasteiger partial charge in [-0.1, -0.05) is 344 Å². The minimum Gasteiger partial charge on any atom is -0.462 e. The Kier molecular flexibility index (Phi) is 65.7. The summed E-state index contributed by atoms with van der Waals surface area (Å²) in [6.45, 7) is 6.56. The summed E-state index contributed by atoms with van der Waals surface area (Å²) >= 11 is 0. The summed E-state index contributed by atoms with van der Waals surface area (Å²) in [5, 5.41) is 0. The molecule has 0 rings (SSSR count). The first-order chi connectivity index (χ1) is 39.5. The van der Waals surface area contributed by atoms with Crippen molar-refractivity contribution in [3.63, 3.8) is 0 Å². The molecule has 0 N–H and O–H groups in total. The first kappa shape index (κ1) is 76.9. The second kappa shape index (κ2) is 68.3. The summed E-state index contributed by atoms with van der Waals surface area (Å²) in [6.07, 6.45) is 89.5. The van der Waals surface area contributed by atoms with Crippen molar-refractivity contribution in [2.24, 2.45) is 0 Å². The Balaban J connectivity index is 4.05. The maximum Gasteiger partial charge on any atom is 0.306 e. The van der Waals surface area contributed by atoms with Crippen molar-refractivity contribution in [1.82, 2.24) is 0 Å². The largest absolute Gasteiger partial charge is 0.462 e. The van der Waals surface area contributed by atoms with E-state index in [0.717, 1.165) is 96.3 Å².